The largest absolute Gasteiger partial charge is 0.341 e. The summed E-state index contributed by atoms with van der Waals surface area (Å²) in [5.74, 6) is -0.527. The van der Waals surface area contributed by atoms with Crippen LogP contribution in [-0.2, 0) is 21.4 Å². The maximum absolute atomic E-state index is 12.9. The summed E-state index contributed by atoms with van der Waals surface area (Å²) in [6, 6.07) is 10.8. The molecule has 1 N–H and O–H groups in total. The number of hydrogen-bond donors (Lipinski definition) is 1. The van der Waals surface area contributed by atoms with Crippen LogP contribution < -0.4 is 4.72 Å². The fourth-order valence-electron chi connectivity index (χ4n) is 2.40. The molecule has 7 heteroatoms. The Morgan fingerprint density at radius 2 is 1.73 bits per heavy atom. The molecule has 0 aliphatic heterocycles. The van der Waals surface area contributed by atoms with Gasteiger partial charge in [-0.3, -0.25) is 4.79 Å². The summed E-state index contributed by atoms with van der Waals surface area (Å²) in [5, 5.41) is 0. The van der Waals surface area contributed by atoms with Crippen molar-refractivity contribution in [1.82, 2.24) is 9.62 Å². The van der Waals surface area contributed by atoms with Gasteiger partial charge in [0.15, 0.2) is 0 Å². The topological polar surface area (TPSA) is 66.5 Å². The Balaban J connectivity index is 1.88. The van der Waals surface area contributed by atoms with Crippen molar-refractivity contribution in [2.75, 3.05) is 13.6 Å². The first-order chi connectivity index (χ1) is 12.2. The lowest BCUT2D eigenvalue weighted by Gasteiger charge is -2.17. The molecule has 26 heavy (non-hydrogen) atoms. The fourth-order valence-corrected chi connectivity index (χ4v) is 3.52. The number of benzene rings is 2. The van der Waals surface area contributed by atoms with Gasteiger partial charge in [-0.05, 0) is 54.8 Å². The molecule has 0 fully saturated rings. The zero-order valence-electron chi connectivity index (χ0n) is 15.1. The Labute approximate surface area is 153 Å². The fraction of sp³-hybridized carbons (Fsp3) is 0.316. The van der Waals surface area contributed by atoms with Crippen molar-refractivity contribution in [2.45, 2.75) is 31.7 Å². The molecule has 0 aliphatic carbocycles. The van der Waals surface area contributed by atoms with Crippen LogP contribution in [0.5, 0.6) is 0 Å². The number of hydrogen-bond acceptors (Lipinski definition) is 3. The summed E-state index contributed by atoms with van der Waals surface area (Å²) in [6.45, 7) is 4.11. The van der Waals surface area contributed by atoms with Crippen LogP contribution in [0.4, 0.5) is 4.39 Å². The number of carbonyl (C=O) groups excluding carboxylic acids is 1. The molecule has 0 spiro atoms. The molecular formula is C19H23FN2O3S. The number of halogens is 1. The SMILES string of the molecule is Cc1ccc(S(=O)(=O)NCCC(=O)N(C)Cc2ccc(F)cc2)cc1C. The Bertz CT molecular complexity index is 880. The lowest BCUT2D eigenvalue weighted by molar-refractivity contribution is -0.130. The molecule has 0 aromatic heterocycles. The molecule has 2 aromatic rings. The lowest BCUT2D eigenvalue weighted by atomic mass is 10.1. The standard InChI is InChI=1S/C19H23FN2O3S/c1-14-4-9-18(12-15(14)2)26(24,25)21-11-10-19(23)22(3)13-16-5-7-17(20)8-6-16/h4-9,12,21H,10-11,13H2,1-3H3. The van der Waals surface area contributed by atoms with Gasteiger partial charge in [0.1, 0.15) is 5.82 Å². The van der Waals surface area contributed by atoms with E-state index in [1.54, 1.807) is 37.4 Å². The van der Waals surface area contributed by atoms with E-state index in [2.05, 4.69) is 4.72 Å². The second-order valence-corrected chi connectivity index (χ2v) is 8.04. The third-order valence-corrected chi connectivity index (χ3v) is 5.64. The molecule has 0 aliphatic rings. The summed E-state index contributed by atoms with van der Waals surface area (Å²) < 4.78 is 40.0. The molecule has 2 aromatic carbocycles. The predicted octanol–water partition coefficient (Wildman–Crippen LogP) is 2.77. The average Bonchev–Trinajstić information content (AvgIpc) is 2.59. The van der Waals surface area contributed by atoms with E-state index in [0.717, 1.165) is 16.7 Å². The number of nitrogens with zero attached hydrogens (tertiary/aromatic N) is 1. The van der Waals surface area contributed by atoms with Gasteiger partial charge in [0, 0.05) is 26.6 Å². The van der Waals surface area contributed by atoms with Gasteiger partial charge in [0.2, 0.25) is 15.9 Å². The van der Waals surface area contributed by atoms with Crippen molar-refractivity contribution < 1.29 is 17.6 Å². The Hall–Kier alpha value is -2.25. The van der Waals surface area contributed by atoms with E-state index >= 15 is 0 Å². The zero-order chi connectivity index (χ0) is 19.3. The van der Waals surface area contributed by atoms with E-state index in [1.165, 1.54) is 17.0 Å². The van der Waals surface area contributed by atoms with Crippen molar-refractivity contribution in [3.8, 4) is 0 Å². The quantitative estimate of drug-likeness (QED) is 0.806. The van der Waals surface area contributed by atoms with Gasteiger partial charge >= 0.3 is 0 Å². The number of sulfonamides is 1. The monoisotopic (exact) mass is 378 g/mol. The molecule has 0 bridgehead atoms. The molecule has 0 unspecified atom stereocenters. The van der Waals surface area contributed by atoms with Gasteiger partial charge in [-0.1, -0.05) is 18.2 Å². The first-order valence-corrected chi connectivity index (χ1v) is 9.72. The molecule has 5 nitrogen and oxygen atoms in total. The summed E-state index contributed by atoms with van der Waals surface area (Å²) >= 11 is 0. The third-order valence-electron chi connectivity index (χ3n) is 4.18. The molecular weight excluding hydrogens is 355 g/mol. The van der Waals surface area contributed by atoms with Crippen molar-refractivity contribution in [2.24, 2.45) is 0 Å². The summed E-state index contributed by atoms with van der Waals surface area (Å²) in [7, 11) is -2.02. The van der Waals surface area contributed by atoms with Crippen LogP contribution in [0.1, 0.15) is 23.1 Å². The maximum atomic E-state index is 12.9. The van der Waals surface area contributed by atoms with Gasteiger partial charge in [0.25, 0.3) is 0 Å². The molecule has 140 valence electrons. The van der Waals surface area contributed by atoms with E-state index in [-0.39, 0.29) is 29.6 Å². The van der Waals surface area contributed by atoms with Crippen LogP contribution >= 0.6 is 0 Å². The molecule has 0 heterocycles. The molecule has 0 radical (unpaired) electrons. The van der Waals surface area contributed by atoms with E-state index in [4.69, 9.17) is 0 Å². The third kappa shape index (κ3) is 5.37. The minimum Gasteiger partial charge on any atom is -0.341 e. The van der Waals surface area contributed by atoms with Crippen molar-refractivity contribution in [1.29, 1.82) is 0 Å². The Morgan fingerprint density at radius 3 is 2.35 bits per heavy atom. The van der Waals surface area contributed by atoms with E-state index in [0.29, 0.717) is 6.54 Å². The molecule has 0 saturated carbocycles. The van der Waals surface area contributed by atoms with Gasteiger partial charge in [0.05, 0.1) is 4.90 Å². The maximum Gasteiger partial charge on any atom is 0.240 e. The summed E-state index contributed by atoms with van der Waals surface area (Å²) in [5.41, 5.74) is 2.71. The first-order valence-electron chi connectivity index (χ1n) is 8.24. The highest BCUT2D eigenvalue weighted by molar-refractivity contribution is 7.89. The highest BCUT2D eigenvalue weighted by atomic mass is 32.2. The van der Waals surface area contributed by atoms with Crippen LogP contribution in [-0.4, -0.2) is 32.8 Å². The highest BCUT2D eigenvalue weighted by Gasteiger charge is 2.16. The Kier molecular flexibility index (Phi) is 6.50. The summed E-state index contributed by atoms with van der Waals surface area (Å²) in [4.78, 5) is 13.8. The second kappa shape index (κ2) is 8.42. The van der Waals surface area contributed by atoms with Crippen LogP contribution in [0.15, 0.2) is 47.4 Å². The second-order valence-electron chi connectivity index (χ2n) is 6.27. The zero-order valence-corrected chi connectivity index (χ0v) is 15.9. The number of aryl methyl sites for hydroxylation is 2. The number of rotatable bonds is 7. The number of carbonyl (C=O) groups is 1. The van der Waals surface area contributed by atoms with Gasteiger partial charge < -0.3 is 4.90 Å². The normalized spacial score (nSPS) is 11.4. The van der Waals surface area contributed by atoms with E-state index in [1.807, 2.05) is 13.8 Å². The Morgan fingerprint density at radius 1 is 1.08 bits per heavy atom. The lowest BCUT2D eigenvalue weighted by Crippen LogP contribution is -2.32. The van der Waals surface area contributed by atoms with Crippen molar-refractivity contribution >= 4 is 15.9 Å². The van der Waals surface area contributed by atoms with E-state index in [9.17, 15) is 17.6 Å². The number of nitrogens with one attached hydrogen (secondary N) is 1. The van der Waals surface area contributed by atoms with Crippen LogP contribution in [0.2, 0.25) is 0 Å². The van der Waals surface area contributed by atoms with Crippen molar-refractivity contribution in [3.05, 3.63) is 65.0 Å². The highest BCUT2D eigenvalue weighted by Crippen LogP contribution is 2.14. The number of amides is 1. The van der Waals surface area contributed by atoms with Crippen LogP contribution in [0.3, 0.4) is 0 Å². The minimum atomic E-state index is -3.65. The first kappa shape index (κ1) is 20.1. The molecule has 0 saturated heterocycles. The predicted molar refractivity (Wildman–Crippen MR) is 98.6 cm³/mol. The summed E-state index contributed by atoms with van der Waals surface area (Å²) in [6.07, 6.45) is 0.0434. The van der Waals surface area contributed by atoms with Crippen LogP contribution in [0, 0.1) is 19.7 Å². The van der Waals surface area contributed by atoms with Crippen LogP contribution in [0.25, 0.3) is 0 Å². The van der Waals surface area contributed by atoms with Gasteiger partial charge in [-0.25, -0.2) is 17.5 Å². The van der Waals surface area contributed by atoms with Gasteiger partial charge in [-0.15, -0.1) is 0 Å². The molecule has 1 amide bonds. The van der Waals surface area contributed by atoms with Gasteiger partial charge in [-0.2, -0.15) is 0 Å². The van der Waals surface area contributed by atoms with E-state index < -0.39 is 10.0 Å². The smallest absolute Gasteiger partial charge is 0.240 e. The minimum absolute atomic E-state index is 0.0157. The van der Waals surface area contributed by atoms with Crippen molar-refractivity contribution in [3.63, 3.8) is 0 Å². The average molecular weight is 378 g/mol. The molecule has 2 rings (SSSR count). The molecule has 0 atom stereocenters.